The fraction of sp³-hybridized carbons (Fsp3) is 0. The Labute approximate surface area is 173 Å². The van der Waals surface area contributed by atoms with Crippen LogP contribution >= 0.6 is 0 Å². The average Bonchev–Trinajstić information content (AvgIpc) is 2.73. The summed E-state index contributed by atoms with van der Waals surface area (Å²) in [6.45, 7) is 0. The van der Waals surface area contributed by atoms with Crippen LogP contribution in [0.4, 0.5) is 0 Å². The molecule has 4 nitrogen and oxygen atoms in total. The SMILES string of the molecule is [B]c1c(O)c(O)c(-c2c3ccccc3cc3c([B])c([B])c([B])c([B])c23)c(O)c1O. The first-order valence-electron chi connectivity index (χ1n) is 8.49. The Balaban J connectivity index is 2.39. The molecule has 0 aliphatic heterocycles. The van der Waals surface area contributed by atoms with Crippen LogP contribution in [0.15, 0.2) is 30.3 Å². The number of phenols is 4. The van der Waals surface area contributed by atoms with Gasteiger partial charge in [0.15, 0.2) is 23.0 Å². The molecule has 9 heteroatoms. The number of rotatable bonds is 1. The molecule has 29 heavy (non-hydrogen) atoms. The quantitative estimate of drug-likeness (QED) is 0.142. The fourth-order valence-electron chi connectivity index (χ4n) is 3.62. The largest absolute Gasteiger partial charge is 0.505 e. The summed E-state index contributed by atoms with van der Waals surface area (Å²) in [7, 11) is 30.0. The molecule has 0 saturated heterocycles. The minimum absolute atomic E-state index is 0.0365. The summed E-state index contributed by atoms with van der Waals surface area (Å²) in [5.74, 6) is -3.04. The molecule has 10 radical (unpaired) electrons. The molecule has 4 aromatic carbocycles. The monoisotopic (exact) mass is 368 g/mol. The zero-order chi connectivity index (χ0) is 21.2. The van der Waals surface area contributed by atoms with E-state index >= 15 is 0 Å². The summed E-state index contributed by atoms with van der Waals surface area (Å²) in [5, 5.41) is 43.5. The Morgan fingerprint density at radius 3 is 1.69 bits per heavy atom. The lowest BCUT2D eigenvalue weighted by Crippen LogP contribution is -2.47. The zero-order valence-electron chi connectivity index (χ0n) is 15.1. The standard InChI is InChI=1S/C20H9B5O4/c21-12-8-5-6-3-1-2-4-7(6)9(10(8)13(22)15(24)14(12)23)11-17(26)19(28)16(25)20(29)18(11)27/h1-5,26-29H. The van der Waals surface area contributed by atoms with Gasteiger partial charge in [0.2, 0.25) is 0 Å². The molecule has 0 fully saturated rings. The van der Waals surface area contributed by atoms with Crippen LogP contribution in [-0.4, -0.2) is 59.7 Å². The van der Waals surface area contributed by atoms with Crippen LogP contribution in [0.5, 0.6) is 23.0 Å². The van der Waals surface area contributed by atoms with E-state index in [9.17, 15) is 20.4 Å². The lowest BCUT2D eigenvalue weighted by molar-refractivity contribution is 0.381. The van der Waals surface area contributed by atoms with Gasteiger partial charge in [-0.1, -0.05) is 35.2 Å². The fourth-order valence-corrected chi connectivity index (χ4v) is 3.62. The molecule has 0 aliphatic rings. The summed E-state index contributed by atoms with van der Waals surface area (Å²) >= 11 is 0. The molecule has 0 saturated carbocycles. The number of aromatic hydroxyl groups is 4. The molecule has 0 atom stereocenters. The predicted octanol–water partition coefficient (Wildman–Crippen LogP) is -1.55. The minimum Gasteiger partial charge on any atom is -0.505 e. The van der Waals surface area contributed by atoms with E-state index in [-0.39, 0.29) is 33.0 Å². The summed E-state index contributed by atoms with van der Waals surface area (Å²) in [6, 6.07) is 8.78. The maximum Gasteiger partial charge on any atom is 0.168 e. The first-order valence-corrected chi connectivity index (χ1v) is 8.49. The topological polar surface area (TPSA) is 80.9 Å². The summed E-state index contributed by atoms with van der Waals surface area (Å²) < 4.78 is 0. The van der Waals surface area contributed by atoms with Crippen molar-refractivity contribution in [1.29, 1.82) is 0 Å². The van der Waals surface area contributed by atoms with E-state index < -0.39 is 28.5 Å². The van der Waals surface area contributed by atoms with Gasteiger partial charge in [0.25, 0.3) is 0 Å². The first-order chi connectivity index (χ1) is 13.7. The maximum atomic E-state index is 10.6. The number of phenolic OH excluding ortho intramolecular Hbond substituents is 4. The smallest absolute Gasteiger partial charge is 0.168 e. The van der Waals surface area contributed by atoms with Crippen molar-refractivity contribution >= 4 is 88.1 Å². The molecule has 4 aromatic rings. The van der Waals surface area contributed by atoms with Crippen molar-refractivity contribution in [1.82, 2.24) is 0 Å². The molecule has 0 aliphatic carbocycles. The van der Waals surface area contributed by atoms with Crippen molar-refractivity contribution in [2.24, 2.45) is 0 Å². The van der Waals surface area contributed by atoms with Gasteiger partial charge >= 0.3 is 0 Å². The molecule has 4 rings (SSSR count). The van der Waals surface area contributed by atoms with Gasteiger partial charge in [-0.15, -0.1) is 10.9 Å². The van der Waals surface area contributed by atoms with Crippen molar-refractivity contribution in [3.8, 4) is 34.1 Å². The van der Waals surface area contributed by atoms with Gasteiger partial charge in [-0.25, -0.2) is 0 Å². The van der Waals surface area contributed by atoms with Crippen molar-refractivity contribution in [2.75, 3.05) is 0 Å². The van der Waals surface area contributed by atoms with Crippen LogP contribution in [-0.2, 0) is 0 Å². The molecule has 4 N–H and O–H groups in total. The first kappa shape index (κ1) is 19.3. The third-order valence-electron chi connectivity index (χ3n) is 5.16. The third kappa shape index (κ3) is 2.53. The van der Waals surface area contributed by atoms with Gasteiger partial charge in [-0.05, 0) is 33.1 Å². The van der Waals surface area contributed by atoms with Crippen molar-refractivity contribution < 1.29 is 20.4 Å². The second-order valence-electron chi connectivity index (χ2n) is 6.73. The van der Waals surface area contributed by atoms with E-state index in [2.05, 4.69) is 0 Å². The summed E-state index contributed by atoms with van der Waals surface area (Å²) in [4.78, 5) is 0. The molecule has 0 unspecified atom stereocenters. The Hall–Kier alpha value is -3.08. The molecule has 0 aromatic heterocycles. The van der Waals surface area contributed by atoms with Crippen LogP contribution in [0.25, 0.3) is 32.7 Å². The van der Waals surface area contributed by atoms with E-state index in [1.54, 1.807) is 30.3 Å². The minimum atomic E-state index is -0.786. The van der Waals surface area contributed by atoms with Gasteiger partial charge in [-0.2, -0.15) is 0 Å². The van der Waals surface area contributed by atoms with Gasteiger partial charge in [-0.3, -0.25) is 0 Å². The highest BCUT2D eigenvalue weighted by atomic mass is 16.3. The number of fused-ring (bicyclic) bond motifs is 2. The van der Waals surface area contributed by atoms with Crippen molar-refractivity contribution in [3.63, 3.8) is 0 Å². The van der Waals surface area contributed by atoms with E-state index in [4.69, 9.17) is 39.2 Å². The average molecular weight is 367 g/mol. The second-order valence-corrected chi connectivity index (χ2v) is 6.73. The molecule has 0 spiro atoms. The Morgan fingerprint density at radius 1 is 0.517 bits per heavy atom. The van der Waals surface area contributed by atoms with E-state index in [1.165, 1.54) is 0 Å². The molecule has 0 bridgehead atoms. The van der Waals surface area contributed by atoms with Crippen LogP contribution < -0.4 is 27.3 Å². The highest BCUT2D eigenvalue weighted by Crippen LogP contribution is 2.49. The molecular formula is C20H9B5O4. The third-order valence-corrected chi connectivity index (χ3v) is 5.16. The van der Waals surface area contributed by atoms with Crippen LogP contribution in [0.2, 0.25) is 0 Å². The highest BCUT2D eigenvalue weighted by molar-refractivity contribution is 6.67. The molecule has 0 heterocycles. The Morgan fingerprint density at radius 2 is 1.07 bits per heavy atom. The maximum absolute atomic E-state index is 10.6. The lowest BCUT2D eigenvalue weighted by atomic mass is 9.63. The molecular weight excluding hydrogens is 358 g/mol. The van der Waals surface area contributed by atoms with Gasteiger partial charge in [0.1, 0.15) is 39.2 Å². The second kappa shape index (κ2) is 6.48. The van der Waals surface area contributed by atoms with E-state index in [0.29, 0.717) is 21.5 Å². The van der Waals surface area contributed by atoms with Crippen LogP contribution in [0.3, 0.4) is 0 Å². The highest BCUT2D eigenvalue weighted by Gasteiger charge is 2.26. The lowest BCUT2D eigenvalue weighted by Gasteiger charge is -2.22. The van der Waals surface area contributed by atoms with Crippen LogP contribution in [0.1, 0.15) is 0 Å². The zero-order valence-corrected chi connectivity index (χ0v) is 15.1. The van der Waals surface area contributed by atoms with Gasteiger partial charge in [0.05, 0.1) is 5.56 Å². The Kier molecular flexibility index (Phi) is 4.30. The summed E-state index contributed by atoms with van der Waals surface area (Å²) in [5.41, 5.74) is -0.254. The molecule has 128 valence electrons. The number of hydrogen-bond donors (Lipinski definition) is 4. The normalized spacial score (nSPS) is 11.3. The van der Waals surface area contributed by atoms with Gasteiger partial charge in [0, 0.05) is 5.56 Å². The summed E-state index contributed by atoms with van der Waals surface area (Å²) in [6.07, 6.45) is 0. The number of hydrogen-bond acceptors (Lipinski definition) is 4. The van der Waals surface area contributed by atoms with Gasteiger partial charge < -0.3 is 20.4 Å². The Bertz CT molecular complexity index is 1320. The van der Waals surface area contributed by atoms with Crippen LogP contribution in [0, 0.1) is 0 Å². The van der Waals surface area contributed by atoms with E-state index in [1.807, 2.05) is 0 Å². The van der Waals surface area contributed by atoms with Crippen molar-refractivity contribution in [3.05, 3.63) is 30.3 Å². The van der Waals surface area contributed by atoms with E-state index in [0.717, 1.165) is 0 Å². The van der Waals surface area contributed by atoms with Crippen molar-refractivity contribution in [2.45, 2.75) is 0 Å². The predicted molar refractivity (Wildman–Crippen MR) is 120 cm³/mol. The molecule has 0 amide bonds. The number of benzene rings is 4.